The van der Waals surface area contributed by atoms with E-state index in [0.717, 1.165) is 6.07 Å². The van der Waals surface area contributed by atoms with Crippen molar-refractivity contribution in [2.24, 2.45) is 0 Å². The fourth-order valence-corrected chi connectivity index (χ4v) is 4.17. The largest absolute Gasteiger partial charge is 0.497 e. The van der Waals surface area contributed by atoms with Crippen LogP contribution in [0.25, 0.3) is 16.9 Å². The molecule has 37 heavy (non-hydrogen) atoms. The summed E-state index contributed by atoms with van der Waals surface area (Å²) in [6.45, 7) is 1.60. The second-order valence-electron chi connectivity index (χ2n) is 8.52. The number of methoxy groups -OCH3 is 1. The van der Waals surface area contributed by atoms with E-state index in [9.17, 15) is 22.8 Å². The number of piperazine rings is 1. The summed E-state index contributed by atoms with van der Waals surface area (Å²) in [6.07, 6.45) is -3.29. The van der Waals surface area contributed by atoms with Crippen molar-refractivity contribution in [3.05, 3.63) is 71.9 Å². The van der Waals surface area contributed by atoms with Gasteiger partial charge in [0.25, 0.3) is 5.91 Å². The Kier molecular flexibility index (Phi) is 6.42. The number of halogens is 3. The number of Topliss-reactive ketones (excluding diaryl/α,β-unsaturated/α-hetero) is 1. The van der Waals surface area contributed by atoms with Crippen molar-refractivity contribution in [3.63, 3.8) is 0 Å². The number of ether oxygens (including phenoxy) is 1. The predicted molar refractivity (Wildman–Crippen MR) is 125 cm³/mol. The van der Waals surface area contributed by atoms with Crippen LogP contribution in [0.2, 0.25) is 0 Å². The third kappa shape index (κ3) is 5.05. The van der Waals surface area contributed by atoms with Gasteiger partial charge < -0.3 is 14.1 Å². The van der Waals surface area contributed by atoms with Crippen LogP contribution in [-0.2, 0) is 6.18 Å². The molecule has 1 fully saturated rings. The van der Waals surface area contributed by atoms with Crippen LogP contribution in [0.15, 0.2) is 59.2 Å². The van der Waals surface area contributed by atoms with Gasteiger partial charge in [-0.25, -0.2) is 9.50 Å². The van der Waals surface area contributed by atoms with E-state index >= 15 is 0 Å². The van der Waals surface area contributed by atoms with Crippen LogP contribution in [0.4, 0.5) is 13.2 Å². The third-order valence-corrected chi connectivity index (χ3v) is 6.15. The maximum atomic E-state index is 13.9. The van der Waals surface area contributed by atoms with Gasteiger partial charge in [0, 0.05) is 37.8 Å². The van der Waals surface area contributed by atoms with Crippen LogP contribution in [0.5, 0.6) is 5.75 Å². The third-order valence-electron chi connectivity index (χ3n) is 6.15. The number of fused-ring (bicyclic) bond motifs is 1. The number of carbonyl (C=O) groups is 2. The van der Waals surface area contributed by atoms with E-state index in [0.29, 0.717) is 42.0 Å². The number of benzene rings is 1. The summed E-state index contributed by atoms with van der Waals surface area (Å²) >= 11 is 0. The predicted octanol–water partition coefficient (Wildman–Crippen LogP) is 3.66. The monoisotopic (exact) mass is 513 g/mol. The summed E-state index contributed by atoms with van der Waals surface area (Å²) < 4.78 is 52.5. The molecule has 9 nitrogen and oxygen atoms in total. The number of hydrogen-bond donors (Lipinski definition) is 0. The van der Waals surface area contributed by atoms with E-state index in [4.69, 9.17) is 9.15 Å². The van der Waals surface area contributed by atoms with Crippen molar-refractivity contribution < 1.29 is 31.9 Å². The molecule has 0 unspecified atom stereocenters. The molecule has 12 heteroatoms. The van der Waals surface area contributed by atoms with Gasteiger partial charge in [0.1, 0.15) is 11.4 Å². The number of hydrogen-bond acceptors (Lipinski definition) is 7. The molecule has 0 aliphatic carbocycles. The maximum absolute atomic E-state index is 13.9. The van der Waals surface area contributed by atoms with E-state index in [-0.39, 0.29) is 35.2 Å². The minimum absolute atomic E-state index is 0.0423. The van der Waals surface area contributed by atoms with Crippen LogP contribution in [-0.4, -0.2) is 75.9 Å². The molecule has 4 heterocycles. The van der Waals surface area contributed by atoms with Crippen molar-refractivity contribution in [2.45, 2.75) is 6.18 Å². The zero-order chi connectivity index (χ0) is 26.2. The maximum Gasteiger partial charge on any atom is 0.433 e. The molecule has 1 saturated heterocycles. The summed E-state index contributed by atoms with van der Waals surface area (Å²) in [6, 6.07) is 11.9. The quantitative estimate of drug-likeness (QED) is 0.364. The SMILES string of the molecule is COc1ccc(-c2cc(C(F)(F)F)n3nc(C(=O)CN4CCN(C(=O)c5ccco5)CC4)cc3n2)cc1. The van der Waals surface area contributed by atoms with Crippen molar-refractivity contribution in [3.8, 4) is 17.0 Å². The van der Waals surface area contributed by atoms with E-state index in [2.05, 4.69) is 10.1 Å². The van der Waals surface area contributed by atoms with E-state index in [1.165, 1.54) is 19.4 Å². The number of rotatable bonds is 6. The molecule has 3 aromatic heterocycles. The van der Waals surface area contributed by atoms with Gasteiger partial charge in [-0.3, -0.25) is 14.5 Å². The lowest BCUT2D eigenvalue weighted by Gasteiger charge is -2.33. The molecule has 1 aromatic carbocycles. The first kappa shape index (κ1) is 24.5. The van der Waals surface area contributed by atoms with E-state index in [1.54, 1.807) is 41.3 Å². The number of aromatic nitrogens is 3. The lowest BCUT2D eigenvalue weighted by Crippen LogP contribution is -2.49. The number of carbonyl (C=O) groups excluding carboxylic acids is 2. The summed E-state index contributed by atoms with van der Waals surface area (Å²) in [5, 5.41) is 3.94. The standard InChI is InChI=1S/C25H22F3N5O4/c1-36-17-6-4-16(5-7-17)18-13-22(25(26,27)28)33-23(29-18)14-19(30-33)20(34)15-31-8-10-32(11-9-31)24(35)21-3-2-12-37-21/h2-7,12-14H,8-11,15H2,1H3. The summed E-state index contributed by atoms with van der Waals surface area (Å²) in [4.78, 5) is 33.1. The smallest absolute Gasteiger partial charge is 0.433 e. The highest BCUT2D eigenvalue weighted by Crippen LogP contribution is 2.32. The Morgan fingerprint density at radius 1 is 1.05 bits per heavy atom. The van der Waals surface area contributed by atoms with Gasteiger partial charge in [-0.2, -0.15) is 18.3 Å². The fraction of sp³-hybridized carbons (Fsp3) is 0.280. The van der Waals surface area contributed by atoms with Gasteiger partial charge >= 0.3 is 6.18 Å². The molecule has 0 radical (unpaired) electrons. The van der Waals surface area contributed by atoms with Crippen molar-refractivity contribution >= 4 is 17.3 Å². The molecule has 0 atom stereocenters. The lowest BCUT2D eigenvalue weighted by atomic mass is 10.1. The number of nitrogens with zero attached hydrogens (tertiary/aromatic N) is 5. The first-order valence-electron chi connectivity index (χ1n) is 11.4. The van der Waals surface area contributed by atoms with E-state index < -0.39 is 17.7 Å². The Morgan fingerprint density at radius 3 is 2.41 bits per heavy atom. The van der Waals surface area contributed by atoms with Gasteiger partial charge in [0.15, 0.2) is 22.9 Å². The summed E-state index contributed by atoms with van der Waals surface area (Å²) in [5.41, 5.74) is -0.673. The Balaban J connectivity index is 1.34. The number of amides is 1. The van der Waals surface area contributed by atoms with Crippen LogP contribution in [0, 0.1) is 0 Å². The number of ketones is 1. The van der Waals surface area contributed by atoms with Crippen molar-refractivity contribution in [1.82, 2.24) is 24.4 Å². The average molecular weight is 513 g/mol. The average Bonchev–Trinajstić information content (AvgIpc) is 3.58. The lowest BCUT2D eigenvalue weighted by molar-refractivity contribution is -0.142. The number of furan rings is 1. The minimum Gasteiger partial charge on any atom is -0.497 e. The zero-order valence-electron chi connectivity index (χ0n) is 19.7. The Labute approximate surface area is 209 Å². The fourth-order valence-electron chi connectivity index (χ4n) is 4.17. The molecular formula is C25H22F3N5O4. The van der Waals surface area contributed by atoms with Gasteiger partial charge in [0.05, 0.1) is 25.6 Å². The normalized spacial score (nSPS) is 14.8. The van der Waals surface area contributed by atoms with Gasteiger partial charge in [0.2, 0.25) is 0 Å². The Hall–Kier alpha value is -4.19. The highest BCUT2D eigenvalue weighted by molar-refractivity contribution is 5.97. The molecule has 1 amide bonds. The molecular weight excluding hydrogens is 491 g/mol. The number of alkyl halides is 3. The topological polar surface area (TPSA) is 93.2 Å². The van der Waals surface area contributed by atoms with Crippen LogP contribution in [0.1, 0.15) is 26.7 Å². The molecule has 1 aliphatic rings. The molecule has 0 spiro atoms. The zero-order valence-corrected chi connectivity index (χ0v) is 19.7. The molecule has 1 aliphatic heterocycles. The van der Waals surface area contributed by atoms with Gasteiger partial charge in [-0.05, 0) is 42.5 Å². The van der Waals surface area contributed by atoms with Crippen molar-refractivity contribution in [2.75, 3.05) is 39.8 Å². The van der Waals surface area contributed by atoms with E-state index in [1.807, 2.05) is 4.90 Å². The van der Waals surface area contributed by atoms with Crippen molar-refractivity contribution in [1.29, 1.82) is 0 Å². The van der Waals surface area contributed by atoms with Crippen LogP contribution < -0.4 is 4.74 Å². The summed E-state index contributed by atoms with van der Waals surface area (Å²) in [7, 11) is 1.49. The van der Waals surface area contributed by atoms with Crippen LogP contribution in [0.3, 0.4) is 0 Å². The molecule has 0 saturated carbocycles. The molecule has 4 aromatic rings. The second-order valence-corrected chi connectivity index (χ2v) is 8.52. The minimum atomic E-state index is -4.72. The molecule has 0 N–H and O–H groups in total. The molecule has 0 bridgehead atoms. The highest BCUT2D eigenvalue weighted by Gasteiger charge is 2.36. The Morgan fingerprint density at radius 2 is 1.78 bits per heavy atom. The Bertz CT molecular complexity index is 1420. The van der Waals surface area contributed by atoms with Gasteiger partial charge in [-0.1, -0.05) is 0 Å². The first-order valence-corrected chi connectivity index (χ1v) is 11.4. The molecule has 5 rings (SSSR count). The molecule has 192 valence electrons. The second kappa shape index (κ2) is 9.69. The van der Waals surface area contributed by atoms with Gasteiger partial charge in [-0.15, -0.1) is 0 Å². The summed E-state index contributed by atoms with van der Waals surface area (Å²) in [5.74, 6) is 0.144. The first-order chi connectivity index (χ1) is 17.7. The highest BCUT2D eigenvalue weighted by atomic mass is 19.4. The van der Waals surface area contributed by atoms with Crippen LogP contribution >= 0.6 is 0 Å².